The Hall–Kier alpha value is -2.18. The number of carboxylic acid groups (broad SMARTS) is 1. The molecule has 0 saturated carbocycles. The van der Waals surface area contributed by atoms with Crippen molar-refractivity contribution in [2.24, 2.45) is 0 Å². The fourth-order valence-electron chi connectivity index (χ4n) is 1.59. The summed E-state index contributed by atoms with van der Waals surface area (Å²) in [6.45, 7) is 0. The monoisotopic (exact) mass is 259 g/mol. The van der Waals surface area contributed by atoms with Crippen LogP contribution in [-0.2, 0) is 4.79 Å². The smallest absolute Gasteiger partial charge is 0.430 e. The zero-order chi connectivity index (χ0) is 13.5. The van der Waals surface area contributed by atoms with Gasteiger partial charge in [0.1, 0.15) is 5.75 Å². The third-order valence-electron chi connectivity index (χ3n) is 2.37. The number of hydrogen-bond acceptors (Lipinski definition) is 3. The second-order valence-electron chi connectivity index (χ2n) is 3.64. The van der Waals surface area contributed by atoms with Crippen LogP contribution in [0.4, 0.5) is 13.2 Å². The molecule has 0 bridgehead atoms. The number of carboxylic acids is 1. The SMILES string of the molecule is O=C(O)C1=Cc2ccc([O-])cc2OC1C(F)(F)F. The van der Waals surface area contributed by atoms with Gasteiger partial charge in [-0.25, -0.2) is 4.79 Å². The number of aliphatic carboxylic acids is 1. The van der Waals surface area contributed by atoms with E-state index in [1.54, 1.807) is 0 Å². The number of alkyl halides is 3. The van der Waals surface area contributed by atoms with E-state index in [1.165, 1.54) is 6.07 Å². The molecule has 0 fully saturated rings. The van der Waals surface area contributed by atoms with Gasteiger partial charge in [-0.15, -0.1) is 5.75 Å². The maximum absolute atomic E-state index is 12.6. The molecule has 7 heteroatoms. The highest BCUT2D eigenvalue weighted by Crippen LogP contribution is 2.38. The Morgan fingerprint density at radius 3 is 2.61 bits per heavy atom. The molecule has 0 saturated heterocycles. The molecule has 0 radical (unpaired) electrons. The van der Waals surface area contributed by atoms with Gasteiger partial charge in [0.05, 0.1) is 5.57 Å². The Morgan fingerprint density at radius 1 is 1.39 bits per heavy atom. The van der Waals surface area contributed by atoms with Crippen LogP contribution in [0, 0.1) is 0 Å². The summed E-state index contributed by atoms with van der Waals surface area (Å²) in [4.78, 5) is 10.8. The number of rotatable bonds is 1. The van der Waals surface area contributed by atoms with Gasteiger partial charge in [-0.3, -0.25) is 0 Å². The van der Waals surface area contributed by atoms with Crippen LogP contribution in [-0.4, -0.2) is 23.4 Å². The predicted molar refractivity (Wildman–Crippen MR) is 52.0 cm³/mol. The van der Waals surface area contributed by atoms with Crippen molar-refractivity contribution < 1.29 is 32.9 Å². The van der Waals surface area contributed by atoms with E-state index in [4.69, 9.17) is 5.11 Å². The maximum atomic E-state index is 12.6. The van der Waals surface area contributed by atoms with Crippen LogP contribution in [0.3, 0.4) is 0 Å². The highest BCUT2D eigenvalue weighted by atomic mass is 19.4. The lowest BCUT2D eigenvalue weighted by Gasteiger charge is -2.27. The second kappa shape index (κ2) is 3.94. The molecule has 1 unspecified atom stereocenters. The Morgan fingerprint density at radius 2 is 2.06 bits per heavy atom. The van der Waals surface area contributed by atoms with Gasteiger partial charge >= 0.3 is 12.1 Å². The van der Waals surface area contributed by atoms with Crippen LogP contribution in [0.15, 0.2) is 23.8 Å². The van der Waals surface area contributed by atoms with E-state index in [1.807, 2.05) is 0 Å². The molecule has 2 rings (SSSR count). The van der Waals surface area contributed by atoms with Crippen LogP contribution >= 0.6 is 0 Å². The van der Waals surface area contributed by atoms with Gasteiger partial charge in [-0.2, -0.15) is 13.2 Å². The summed E-state index contributed by atoms with van der Waals surface area (Å²) < 4.78 is 42.5. The zero-order valence-electron chi connectivity index (χ0n) is 8.69. The molecule has 1 heterocycles. The van der Waals surface area contributed by atoms with Crippen LogP contribution in [0.5, 0.6) is 11.5 Å². The summed E-state index contributed by atoms with van der Waals surface area (Å²) in [5.74, 6) is -2.49. The fourth-order valence-corrected chi connectivity index (χ4v) is 1.59. The lowest BCUT2D eigenvalue weighted by atomic mass is 10.0. The number of benzene rings is 1. The van der Waals surface area contributed by atoms with Gasteiger partial charge in [-0.1, -0.05) is 12.1 Å². The Labute approximate surface area is 98.9 Å². The zero-order valence-corrected chi connectivity index (χ0v) is 8.69. The normalized spacial score (nSPS) is 18.6. The topological polar surface area (TPSA) is 69.6 Å². The maximum Gasteiger partial charge on any atom is 0.430 e. The molecule has 1 N–H and O–H groups in total. The third kappa shape index (κ3) is 2.11. The first kappa shape index (κ1) is 12.3. The molecular formula is C11H6F3O4-. The Bertz CT molecular complexity index is 534. The summed E-state index contributed by atoms with van der Waals surface area (Å²) in [6.07, 6.45) is -6.57. The molecule has 0 aliphatic carbocycles. The van der Waals surface area contributed by atoms with Crippen molar-refractivity contribution >= 4 is 12.0 Å². The van der Waals surface area contributed by atoms with E-state index in [9.17, 15) is 23.1 Å². The van der Waals surface area contributed by atoms with Gasteiger partial charge in [-0.05, 0) is 12.1 Å². The van der Waals surface area contributed by atoms with Gasteiger partial charge in [0, 0.05) is 5.56 Å². The first-order chi connectivity index (χ1) is 8.29. The van der Waals surface area contributed by atoms with Crippen LogP contribution in [0.25, 0.3) is 6.08 Å². The van der Waals surface area contributed by atoms with Crippen LogP contribution in [0.2, 0.25) is 0 Å². The summed E-state index contributed by atoms with van der Waals surface area (Å²) in [5.41, 5.74) is -0.777. The van der Waals surface area contributed by atoms with Gasteiger partial charge in [0.2, 0.25) is 6.10 Å². The summed E-state index contributed by atoms with van der Waals surface area (Å²) in [5, 5.41) is 19.8. The van der Waals surface area contributed by atoms with Crippen LogP contribution < -0.4 is 9.84 Å². The summed E-state index contributed by atoms with van der Waals surface area (Å²) in [6, 6.07) is 3.22. The summed E-state index contributed by atoms with van der Waals surface area (Å²) in [7, 11) is 0. The Balaban J connectivity index is 2.53. The molecule has 18 heavy (non-hydrogen) atoms. The number of ether oxygens (including phenoxy) is 1. The van der Waals surface area contributed by atoms with E-state index in [0.29, 0.717) is 0 Å². The average Bonchev–Trinajstić information content (AvgIpc) is 2.25. The quantitative estimate of drug-likeness (QED) is 0.830. The minimum atomic E-state index is -4.86. The van der Waals surface area contributed by atoms with E-state index in [0.717, 1.165) is 18.2 Å². The van der Waals surface area contributed by atoms with Crippen LogP contribution in [0.1, 0.15) is 5.56 Å². The van der Waals surface area contributed by atoms with E-state index in [-0.39, 0.29) is 11.3 Å². The molecule has 0 aromatic heterocycles. The largest absolute Gasteiger partial charge is 0.872 e. The molecule has 4 nitrogen and oxygen atoms in total. The standard InChI is InChI=1S/C11H7F3O4/c12-11(13,14)9-7(10(16)17)3-5-1-2-6(15)4-8(5)18-9/h1-4,9,15H,(H,16,17)/p-1. The van der Waals surface area contributed by atoms with Crippen molar-refractivity contribution in [3.05, 3.63) is 29.3 Å². The van der Waals surface area contributed by atoms with Crippen molar-refractivity contribution in [2.45, 2.75) is 12.3 Å². The highest BCUT2D eigenvalue weighted by molar-refractivity contribution is 5.95. The number of halogens is 3. The van der Waals surface area contributed by atoms with Gasteiger partial charge < -0.3 is 14.9 Å². The van der Waals surface area contributed by atoms with Gasteiger partial charge in [0.25, 0.3) is 0 Å². The molecule has 1 aromatic rings. The lowest BCUT2D eigenvalue weighted by molar-refractivity contribution is -0.268. The first-order valence-electron chi connectivity index (χ1n) is 4.78. The molecular weight excluding hydrogens is 253 g/mol. The molecule has 96 valence electrons. The molecule has 0 spiro atoms. The molecule has 1 aliphatic rings. The molecule has 1 atom stereocenters. The molecule has 1 aliphatic heterocycles. The van der Waals surface area contributed by atoms with Crippen molar-refractivity contribution in [1.29, 1.82) is 0 Å². The number of carbonyl (C=O) groups is 1. The first-order valence-corrected chi connectivity index (χ1v) is 4.78. The number of fused-ring (bicyclic) bond motifs is 1. The van der Waals surface area contributed by atoms with Crippen molar-refractivity contribution in [1.82, 2.24) is 0 Å². The van der Waals surface area contributed by atoms with E-state index in [2.05, 4.69) is 4.74 Å². The predicted octanol–water partition coefficient (Wildman–Crippen LogP) is 1.55. The Kier molecular flexibility index (Phi) is 2.68. The highest BCUT2D eigenvalue weighted by Gasteiger charge is 2.48. The van der Waals surface area contributed by atoms with E-state index < -0.39 is 29.6 Å². The second-order valence-corrected chi connectivity index (χ2v) is 3.64. The summed E-state index contributed by atoms with van der Waals surface area (Å²) >= 11 is 0. The van der Waals surface area contributed by atoms with Crippen molar-refractivity contribution in [2.75, 3.05) is 0 Å². The van der Waals surface area contributed by atoms with Crippen molar-refractivity contribution in [3.8, 4) is 11.5 Å². The third-order valence-corrected chi connectivity index (χ3v) is 2.37. The fraction of sp³-hybridized carbons (Fsp3) is 0.182. The molecule has 1 aromatic carbocycles. The lowest BCUT2D eigenvalue weighted by Crippen LogP contribution is -2.40. The average molecular weight is 259 g/mol. The van der Waals surface area contributed by atoms with E-state index >= 15 is 0 Å². The van der Waals surface area contributed by atoms with Gasteiger partial charge in [0.15, 0.2) is 0 Å². The van der Waals surface area contributed by atoms with Crippen molar-refractivity contribution in [3.63, 3.8) is 0 Å². The number of hydrogen-bond donors (Lipinski definition) is 1. The molecule has 0 amide bonds. The minimum Gasteiger partial charge on any atom is -0.872 e. The minimum absolute atomic E-state index is 0.132.